The van der Waals surface area contributed by atoms with Gasteiger partial charge < -0.3 is 10.1 Å². The van der Waals surface area contributed by atoms with E-state index in [4.69, 9.17) is 27.9 Å². The Bertz CT molecular complexity index is 490. The summed E-state index contributed by atoms with van der Waals surface area (Å²) in [5, 5.41) is 3.89. The van der Waals surface area contributed by atoms with Crippen molar-refractivity contribution in [2.75, 3.05) is 19.8 Å². The molecule has 1 N–H and O–H groups in total. The van der Waals surface area contributed by atoms with Crippen molar-refractivity contribution in [3.63, 3.8) is 0 Å². The molecule has 1 amide bonds. The number of hydrogen-bond acceptors (Lipinski definition) is 2. The zero-order chi connectivity index (χ0) is 13.9. The first-order valence-electron chi connectivity index (χ1n) is 5.98. The Labute approximate surface area is 122 Å². The van der Waals surface area contributed by atoms with Gasteiger partial charge in [-0.2, -0.15) is 0 Å². The first-order chi connectivity index (χ1) is 9.00. The summed E-state index contributed by atoms with van der Waals surface area (Å²) in [5.74, 6) is -0.163. The van der Waals surface area contributed by atoms with Crippen LogP contribution in [0, 0.1) is 5.41 Å². The molecule has 102 valence electrons. The molecule has 19 heavy (non-hydrogen) atoms. The molecule has 1 fully saturated rings. The Kier molecular flexibility index (Phi) is 4.50. The Hall–Kier alpha value is -1.03. The first-order valence-corrected chi connectivity index (χ1v) is 6.73. The van der Waals surface area contributed by atoms with Crippen molar-refractivity contribution in [2.45, 2.75) is 6.92 Å². The van der Waals surface area contributed by atoms with E-state index >= 15 is 0 Å². The van der Waals surface area contributed by atoms with Crippen molar-refractivity contribution in [1.82, 2.24) is 5.32 Å². The van der Waals surface area contributed by atoms with E-state index in [1.165, 1.54) is 6.08 Å². The van der Waals surface area contributed by atoms with Crippen LogP contribution >= 0.6 is 23.2 Å². The second-order valence-electron chi connectivity index (χ2n) is 4.99. The number of amides is 1. The van der Waals surface area contributed by atoms with Gasteiger partial charge in [0.05, 0.1) is 13.2 Å². The highest BCUT2D eigenvalue weighted by Crippen LogP contribution is 2.26. The summed E-state index contributed by atoms with van der Waals surface area (Å²) in [6.45, 7) is 4.05. The SMILES string of the molecule is CC1(CNC(=O)C=Cc2c(Cl)cccc2Cl)COC1. The third-order valence-electron chi connectivity index (χ3n) is 2.99. The zero-order valence-corrected chi connectivity index (χ0v) is 12.1. The molecule has 0 bridgehead atoms. The number of hydrogen-bond donors (Lipinski definition) is 1. The minimum Gasteiger partial charge on any atom is -0.380 e. The van der Waals surface area contributed by atoms with Crippen LogP contribution in [0.5, 0.6) is 0 Å². The minimum atomic E-state index is -0.163. The number of ether oxygens (including phenoxy) is 1. The lowest BCUT2D eigenvalue weighted by molar-refractivity contribution is -0.122. The minimum absolute atomic E-state index is 0.0610. The van der Waals surface area contributed by atoms with Gasteiger partial charge in [-0.15, -0.1) is 0 Å². The molecular formula is C14H15Cl2NO2. The van der Waals surface area contributed by atoms with Crippen molar-refractivity contribution >= 4 is 35.2 Å². The van der Waals surface area contributed by atoms with Gasteiger partial charge >= 0.3 is 0 Å². The van der Waals surface area contributed by atoms with Gasteiger partial charge in [0.1, 0.15) is 0 Å². The molecule has 1 aliphatic rings. The molecule has 0 atom stereocenters. The van der Waals surface area contributed by atoms with Gasteiger partial charge in [-0.05, 0) is 18.2 Å². The number of nitrogens with one attached hydrogen (secondary N) is 1. The van der Waals surface area contributed by atoms with E-state index in [1.54, 1.807) is 24.3 Å². The molecule has 0 spiro atoms. The average Bonchev–Trinajstić information content (AvgIpc) is 2.33. The van der Waals surface area contributed by atoms with E-state index in [0.29, 0.717) is 35.4 Å². The maximum atomic E-state index is 11.7. The van der Waals surface area contributed by atoms with Crippen LogP contribution in [-0.4, -0.2) is 25.7 Å². The molecule has 1 aliphatic heterocycles. The summed E-state index contributed by atoms with van der Waals surface area (Å²) in [6.07, 6.45) is 3.07. The monoisotopic (exact) mass is 299 g/mol. The average molecular weight is 300 g/mol. The number of carbonyl (C=O) groups excluding carboxylic acids is 1. The largest absolute Gasteiger partial charge is 0.380 e. The quantitative estimate of drug-likeness (QED) is 0.867. The number of carbonyl (C=O) groups is 1. The normalized spacial score (nSPS) is 17.2. The molecule has 0 saturated carbocycles. The second kappa shape index (κ2) is 5.95. The Morgan fingerprint density at radius 3 is 2.58 bits per heavy atom. The molecule has 2 rings (SSSR count). The lowest BCUT2D eigenvalue weighted by atomic mass is 9.89. The van der Waals surface area contributed by atoms with Crippen LogP contribution in [0.3, 0.4) is 0 Å². The van der Waals surface area contributed by atoms with Gasteiger partial charge in [0.25, 0.3) is 0 Å². The summed E-state index contributed by atoms with van der Waals surface area (Å²) in [5.41, 5.74) is 0.713. The first kappa shape index (κ1) is 14.4. The highest BCUT2D eigenvalue weighted by atomic mass is 35.5. The maximum Gasteiger partial charge on any atom is 0.244 e. The topological polar surface area (TPSA) is 38.3 Å². The van der Waals surface area contributed by atoms with Crippen molar-refractivity contribution in [3.8, 4) is 0 Å². The fourth-order valence-corrected chi connectivity index (χ4v) is 2.26. The molecule has 1 aromatic carbocycles. The van der Waals surface area contributed by atoms with Gasteiger partial charge in [-0.25, -0.2) is 0 Å². The number of halogens is 2. The second-order valence-corrected chi connectivity index (χ2v) is 5.80. The highest BCUT2D eigenvalue weighted by Gasteiger charge is 2.33. The summed E-state index contributed by atoms with van der Waals surface area (Å²) >= 11 is 12.0. The molecule has 0 unspecified atom stereocenters. The van der Waals surface area contributed by atoms with Crippen molar-refractivity contribution in [3.05, 3.63) is 39.9 Å². The standard InChI is InChI=1S/C14H15Cl2NO2/c1-14(8-19-9-14)7-17-13(18)6-5-10-11(15)3-2-4-12(10)16/h2-6H,7-9H2,1H3,(H,17,18). The Morgan fingerprint density at radius 2 is 2.05 bits per heavy atom. The predicted octanol–water partition coefficient (Wildman–Crippen LogP) is 3.16. The zero-order valence-electron chi connectivity index (χ0n) is 10.6. The molecule has 5 heteroatoms. The summed E-state index contributed by atoms with van der Waals surface area (Å²) < 4.78 is 5.13. The van der Waals surface area contributed by atoms with Crippen molar-refractivity contribution < 1.29 is 9.53 Å². The summed E-state index contributed by atoms with van der Waals surface area (Å²) in [6, 6.07) is 5.23. The number of benzene rings is 1. The highest BCUT2D eigenvalue weighted by molar-refractivity contribution is 6.37. The van der Waals surface area contributed by atoms with Crippen LogP contribution in [-0.2, 0) is 9.53 Å². The lowest BCUT2D eigenvalue weighted by Gasteiger charge is -2.37. The van der Waals surface area contributed by atoms with Gasteiger partial charge in [-0.1, -0.05) is 36.2 Å². The van der Waals surface area contributed by atoms with E-state index in [-0.39, 0.29) is 11.3 Å². The fourth-order valence-electron chi connectivity index (χ4n) is 1.74. The molecule has 0 radical (unpaired) electrons. The molecule has 1 heterocycles. The molecule has 3 nitrogen and oxygen atoms in total. The van der Waals surface area contributed by atoms with Crippen LogP contribution in [0.2, 0.25) is 10.0 Å². The predicted molar refractivity (Wildman–Crippen MR) is 77.4 cm³/mol. The molecule has 0 aromatic heterocycles. The summed E-state index contributed by atoms with van der Waals surface area (Å²) in [4.78, 5) is 11.7. The van der Waals surface area contributed by atoms with Crippen LogP contribution in [0.15, 0.2) is 24.3 Å². The smallest absolute Gasteiger partial charge is 0.244 e. The Morgan fingerprint density at radius 1 is 1.42 bits per heavy atom. The fraction of sp³-hybridized carbons (Fsp3) is 0.357. The van der Waals surface area contributed by atoms with Crippen LogP contribution in [0.1, 0.15) is 12.5 Å². The summed E-state index contributed by atoms with van der Waals surface area (Å²) in [7, 11) is 0. The molecule has 1 aromatic rings. The molecular weight excluding hydrogens is 285 g/mol. The van der Waals surface area contributed by atoms with E-state index < -0.39 is 0 Å². The Balaban J connectivity index is 1.93. The van der Waals surface area contributed by atoms with Gasteiger partial charge in [0, 0.05) is 33.6 Å². The lowest BCUT2D eigenvalue weighted by Crippen LogP contribution is -2.48. The van der Waals surface area contributed by atoms with E-state index in [0.717, 1.165) is 0 Å². The van der Waals surface area contributed by atoms with Gasteiger partial charge in [-0.3, -0.25) is 4.79 Å². The van der Waals surface area contributed by atoms with Crippen LogP contribution in [0.25, 0.3) is 6.08 Å². The van der Waals surface area contributed by atoms with E-state index in [2.05, 4.69) is 12.2 Å². The number of rotatable bonds is 4. The van der Waals surface area contributed by atoms with Crippen LogP contribution < -0.4 is 5.32 Å². The third-order valence-corrected chi connectivity index (χ3v) is 3.65. The van der Waals surface area contributed by atoms with Crippen LogP contribution in [0.4, 0.5) is 0 Å². The van der Waals surface area contributed by atoms with Gasteiger partial charge in [0.15, 0.2) is 0 Å². The van der Waals surface area contributed by atoms with Gasteiger partial charge in [0.2, 0.25) is 5.91 Å². The van der Waals surface area contributed by atoms with Crippen molar-refractivity contribution in [1.29, 1.82) is 0 Å². The van der Waals surface area contributed by atoms with E-state index in [9.17, 15) is 4.79 Å². The molecule has 0 aliphatic carbocycles. The van der Waals surface area contributed by atoms with E-state index in [1.807, 2.05) is 0 Å². The van der Waals surface area contributed by atoms with Crippen molar-refractivity contribution in [2.24, 2.45) is 5.41 Å². The maximum absolute atomic E-state index is 11.7. The molecule has 1 saturated heterocycles. The third kappa shape index (κ3) is 3.72.